The van der Waals surface area contributed by atoms with Gasteiger partial charge in [-0.2, -0.15) is 0 Å². The first-order valence-corrected chi connectivity index (χ1v) is 6.86. The van der Waals surface area contributed by atoms with Crippen LogP contribution in [0.1, 0.15) is 36.8 Å². The maximum Gasteiger partial charge on any atom is 0.233 e. The second-order valence-electron chi connectivity index (χ2n) is 5.04. The minimum absolute atomic E-state index is 0.0757. The number of amides is 1. The van der Waals surface area contributed by atoms with Crippen molar-refractivity contribution in [2.75, 3.05) is 13.6 Å². The van der Waals surface area contributed by atoms with Crippen LogP contribution in [0.4, 0.5) is 0 Å². The monoisotopic (exact) mass is 263 g/mol. The van der Waals surface area contributed by atoms with E-state index in [4.69, 9.17) is 5.84 Å². The van der Waals surface area contributed by atoms with Crippen molar-refractivity contribution in [3.05, 3.63) is 35.4 Å². The molecule has 0 aromatic heterocycles. The molecule has 0 spiro atoms. The second kappa shape index (κ2) is 8.67. The average molecular weight is 263 g/mol. The summed E-state index contributed by atoms with van der Waals surface area (Å²) in [7, 11) is 2.14. The van der Waals surface area contributed by atoms with E-state index in [0.717, 1.165) is 32.4 Å². The molecule has 0 saturated heterocycles. The largest absolute Gasteiger partial charge is 0.302 e. The van der Waals surface area contributed by atoms with Crippen molar-refractivity contribution in [2.24, 2.45) is 5.84 Å². The Morgan fingerprint density at radius 3 is 2.68 bits per heavy atom. The minimum atomic E-state index is -0.0757. The summed E-state index contributed by atoms with van der Waals surface area (Å²) in [6, 6.07) is 8.48. The number of benzene rings is 1. The zero-order valence-electron chi connectivity index (χ0n) is 12.0. The third-order valence-electron chi connectivity index (χ3n) is 3.31. The van der Waals surface area contributed by atoms with Crippen LogP contribution < -0.4 is 11.3 Å². The maximum absolute atomic E-state index is 10.9. The standard InChI is InChI=1S/C15H25N3O/c1-13-8-5-6-9-14(13)12-18(2)11-7-3-4-10-15(19)17-16/h5-6,8-9H,3-4,7,10-12,16H2,1-2H3,(H,17,19). The van der Waals surface area contributed by atoms with Crippen LogP contribution in [0.3, 0.4) is 0 Å². The van der Waals surface area contributed by atoms with Gasteiger partial charge in [0, 0.05) is 13.0 Å². The van der Waals surface area contributed by atoms with E-state index in [0.29, 0.717) is 6.42 Å². The van der Waals surface area contributed by atoms with Gasteiger partial charge >= 0.3 is 0 Å². The summed E-state index contributed by atoms with van der Waals surface area (Å²) in [4.78, 5) is 13.3. The average Bonchev–Trinajstić information content (AvgIpc) is 2.40. The van der Waals surface area contributed by atoms with Crippen molar-refractivity contribution in [1.29, 1.82) is 0 Å². The van der Waals surface area contributed by atoms with Crippen LogP contribution in [-0.4, -0.2) is 24.4 Å². The van der Waals surface area contributed by atoms with Crippen molar-refractivity contribution in [3.63, 3.8) is 0 Å². The molecule has 19 heavy (non-hydrogen) atoms. The number of carbonyl (C=O) groups excluding carboxylic acids is 1. The quantitative estimate of drug-likeness (QED) is 0.326. The molecule has 0 aliphatic rings. The number of unbranched alkanes of at least 4 members (excludes halogenated alkanes) is 2. The Morgan fingerprint density at radius 2 is 2.00 bits per heavy atom. The van der Waals surface area contributed by atoms with Gasteiger partial charge in [0.15, 0.2) is 0 Å². The van der Waals surface area contributed by atoms with Gasteiger partial charge in [0.05, 0.1) is 0 Å². The molecular weight excluding hydrogens is 238 g/mol. The highest BCUT2D eigenvalue weighted by atomic mass is 16.2. The molecule has 0 bridgehead atoms. The van der Waals surface area contributed by atoms with Crippen molar-refractivity contribution in [1.82, 2.24) is 10.3 Å². The third kappa shape index (κ3) is 6.36. The summed E-state index contributed by atoms with van der Waals surface area (Å²) in [5.41, 5.74) is 4.88. The first kappa shape index (κ1) is 15.7. The van der Waals surface area contributed by atoms with E-state index in [1.165, 1.54) is 11.1 Å². The fraction of sp³-hybridized carbons (Fsp3) is 0.533. The van der Waals surface area contributed by atoms with Crippen LogP contribution in [-0.2, 0) is 11.3 Å². The molecule has 1 aromatic rings. The lowest BCUT2D eigenvalue weighted by Gasteiger charge is -2.17. The Hall–Kier alpha value is -1.39. The van der Waals surface area contributed by atoms with Crippen molar-refractivity contribution >= 4 is 5.91 Å². The summed E-state index contributed by atoms with van der Waals surface area (Å²) >= 11 is 0. The molecule has 4 heteroatoms. The topological polar surface area (TPSA) is 58.4 Å². The molecular formula is C15H25N3O. The van der Waals surface area contributed by atoms with Gasteiger partial charge < -0.3 is 4.90 Å². The Bertz CT molecular complexity index is 393. The SMILES string of the molecule is Cc1ccccc1CN(C)CCCCCC(=O)NN. The molecule has 1 aromatic carbocycles. The van der Waals surface area contributed by atoms with E-state index < -0.39 is 0 Å². The molecule has 1 rings (SSSR count). The molecule has 0 heterocycles. The Labute approximate surface area is 115 Å². The molecule has 0 saturated carbocycles. The second-order valence-corrected chi connectivity index (χ2v) is 5.04. The third-order valence-corrected chi connectivity index (χ3v) is 3.31. The van der Waals surface area contributed by atoms with E-state index in [9.17, 15) is 4.79 Å². The summed E-state index contributed by atoms with van der Waals surface area (Å²) < 4.78 is 0. The predicted octanol–water partition coefficient (Wildman–Crippen LogP) is 1.98. The van der Waals surface area contributed by atoms with Crippen LogP contribution in [0.25, 0.3) is 0 Å². The van der Waals surface area contributed by atoms with Gasteiger partial charge in [0.1, 0.15) is 0 Å². The number of nitrogens with zero attached hydrogens (tertiary/aromatic N) is 1. The Morgan fingerprint density at radius 1 is 1.26 bits per heavy atom. The van der Waals surface area contributed by atoms with Gasteiger partial charge in [-0.05, 0) is 44.5 Å². The lowest BCUT2D eigenvalue weighted by atomic mass is 10.1. The van der Waals surface area contributed by atoms with E-state index >= 15 is 0 Å². The van der Waals surface area contributed by atoms with Gasteiger partial charge in [0.2, 0.25) is 5.91 Å². The molecule has 4 nitrogen and oxygen atoms in total. The number of nitrogens with two attached hydrogens (primary N) is 1. The highest BCUT2D eigenvalue weighted by Crippen LogP contribution is 2.10. The number of carbonyl (C=O) groups is 1. The highest BCUT2D eigenvalue weighted by molar-refractivity contribution is 5.74. The number of aryl methyl sites for hydroxylation is 1. The lowest BCUT2D eigenvalue weighted by Crippen LogP contribution is -2.29. The smallest absolute Gasteiger partial charge is 0.233 e. The van der Waals surface area contributed by atoms with Gasteiger partial charge in [-0.3, -0.25) is 10.2 Å². The van der Waals surface area contributed by atoms with Crippen LogP contribution in [0.15, 0.2) is 24.3 Å². The van der Waals surface area contributed by atoms with Crippen LogP contribution >= 0.6 is 0 Å². The molecule has 0 aliphatic heterocycles. The van der Waals surface area contributed by atoms with Crippen molar-refractivity contribution in [2.45, 2.75) is 39.2 Å². The van der Waals surface area contributed by atoms with E-state index in [2.05, 4.69) is 48.6 Å². The molecule has 1 amide bonds. The van der Waals surface area contributed by atoms with E-state index in [1.807, 2.05) is 0 Å². The van der Waals surface area contributed by atoms with Crippen LogP contribution in [0.5, 0.6) is 0 Å². The fourth-order valence-electron chi connectivity index (χ4n) is 2.07. The predicted molar refractivity (Wildman–Crippen MR) is 78.3 cm³/mol. The first-order chi connectivity index (χ1) is 9.13. The fourth-order valence-corrected chi connectivity index (χ4v) is 2.07. The minimum Gasteiger partial charge on any atom is -0.302 e. The van der Waals surface area contributed by atoms with Gasteiger partial charge in [0.25, 0.3) is 0 Å². The van der Waals surface area contributed by atoms with Gasteiger partial charge in [-0.1, -0.05) is 30.7 Å². The molecule has 106 valence electrons. The van der Waals surface area contributed by atoms with Gasteiger partial charge in [-0.25, -0.2) is 5.84 Å². The highest BCUT2D eigenvalue weighted by Gasteiger charge is 2.03. The zero-order valence-corrected chi connectivity index (χ0v) is 12.0. The Balaban J connectivity index is 2.16. The molecule has 0 unspecified atom stereocenters. The van der Waals surface area contributed by atoms with Crippen molar-refractivity contribution in [3.8, 4) is 0 Å². The molecule has 0 radical (unpaired) electrons. The lowest BCUT2D eigenvalue weighted by molar-refractivity contribution is -0.121. The maximum atomic E-state index is 10.9. The molecule has 3 N–H and O–H groups in total. The first-order valence-electron chi connectivity index (χ1n) is 6.86. The van der Waals surface area contributed by atoms with E-state index in [-0.39, 0.29) is 5.91 Å². The normalized spacial score (nSPS) is 10.7. The molecule has 0 atom stereocenters. The molecule has 0 aliphatic carbocycles. The van der Waals surface area contributed by atoms with E-state index in [1.54, 1.807) is 0 Å². The summed E-state index contributed by atoms with van der Waals surface area (Å²) in [5.74, 6) is 4.95. The van der Waals surface area contributed by atoms with Crippen LogP contribution in [0, 0.1) is 6.92 Å². The zero-order chi connectivity index (χ0) is 14.1. The number of hydrazine groups is 1. The molecule has 0 fully saturated rings. The number of rotatable bonds is 8. The number of hydrogen-bond acceptors (Lipinski definition) is 3. The summed E-state index contributed by atoms with van der Waals surface area (Å²) in [5, 5.41) is 0. The summed E-state index contributed by atoms with van der Waals surface area (Å²) in [6.07, 6.45) is 3.60. The summed E-state index contributed by atoms with van der Waals surface area (Å²) in [6.45, 7) is 4.18. The van der Waals surface area contributed by atoms with Crippen molar-refractivity contribution < 1.29 is 4.79 Å². The number of hydrogen-bond donors (Lipinski definition) is 2. The van der Waals surface area contributed by atoms with Crippen LogP contribution in [0.2, 0.25) is 0 Å². The van der Waals surface area contributed by atoms with Gasteiger partial charge in [-0.15, -0.1) is 0 Å². The Kier molecular flexibility index (Phi) is 7.15. The number of nitrogens with one attached hydrogen (secondary N) is 1.